The fourth-order valence-corrected chi connectivity index (χ4v) is 1.95. The molecular weight excluding hydrogens is 256 g/mol. The van der Waals surface area contributed by atoms with E-state index in [0.717, 1.165) is 6.07 Å². The van der Waals surface area contributed by atoms with Crippen LogP contribution in [0.5, 0.6) is 0 Å². The number of alkyl halides is 1. The zero-order chi connectivity index (χ0) is 14.2. The summed E-state index contributed by atoms with van der Waals surface area (Å²) in [5.74, 6) is -1.42. The minimum absolute atomic E-state index is 0.0742. The van der Waals surface area contributed by atoms with Crippen molar-refractivity contribution in [2.45, 2.75) is 18.6 Å². The molecule has 0 saturated carbocycles. The number of aliphatic imine (C=N–C) groups is 1. The van der Waals surface area contributed by atoms with Crippen molar-refractivity contribution in [3.8, 4) is 0 Å². The lowest BCUT2D eigenvalue weighted by molar-refractivity contribution is 0.0920. The Labute approximate surface area is 108 Å². The number of rotatable bonds is 2. The van der Waals surface area contributed by atoms with Crippen LogP contribution >= 0.6 is 0 Å². The SMILES string of the molecule is C[C@]1(c2cc(C(N)=O)ccc2F)N=C(N)OC[C@@H]1F. The fraction of sp³-hybridized carbons (Fsp3) is 0.333. The Hall–Kier alpha value is -2.18. The van der Waals surface area contributed by atoms with E-state index in [1.807, 2.05) is 0 Å². The maximum absolute atomic E-state index is 14.0. The van der Waals surface area contributed by atoms with Gasteiger partial charge < -0.3 is 16.2 Å². The molecule has 0 saturated heterocycles. The van der Waals surface area contributed by atoms with E-state index in [1.54, 1.807) is 0 Å². The van der Waals surface area contributed by atoms with Crippen LogP contribution in [0.2, 0.25) is 0 Å². The molecule has 0 unspecified atom stereocenters. The summed E-state index contributed by atoms with van der Waals surface area (Å²) in [4.78, 5) is 15.0. The van der Waals surface area contributed by atoms with Gasteiger partial charge in [-0.25, -0.2) is 13.8 Å². The second-order valence-corrected chi connectivity index (χ2v) is 4.43. The van der Waals surface area contributed by atoms with Crippen molar-refractivity contribution in [2.75, 3.05) is 6.61 Å². The number of amidine groups is 1. The minimum Gasteiger partial charge on any atom is -0.462 e. The summed E-state index contributed by atoms with van der Waals surface area (Å²) >= 11 is 0. The van der Waals surface area contributed by atoms with E-state index in [2.05, 4.69) is 4.99 Å². The van der Waals surface area contributed by atoms with Gasteiger partial charge in [-0.2, -0.15) is 0 Å². The first-order chi connectivity index (χ1) is 8.84. The van der Waals surface area contributed by atoms with Crippen LogP contribution < -0.4 is 11.5 Å². The van der Waals surface area contributed by atoms with Gasteiger partial charge in [0, 0.05) is 11.1 Å². The average Bonchev–Trinajstić information content (AvgIpc) is 2.34. The predicted octanol–water partition coefficient (Wildman–Crippen LogP) is 0.823. The number of carbonyl (C=O) groups excluding carboxylic acids is 1. The van der Waals surface area contributed by atoms with E-state index in [0.29, 0.717) is 0 Å². The molecule has 1 amide bonds. The van der Waals surface area contributed by atoms with Crippen molar-refractivity contribution in [1.29, 1.82) is 0 Å². The molecule has 102 valence electrons. The van der Waals surface area contributed by atoms with E-state index >= 15 is 0 Å². The Balaban J connectivity index is 2.59. The maximum Gasteiger partial charge on any atom is 0.283 e. The van der Waals surface area contributed by atoms with Crippen LogP contribution in [0.4, 0.5) is 8.78 Å². The fourth-order valence-electron chi connectivity index (χ4n) is 1.95. The molecule has 1 aliphatic rings. The Morgan fingerprint density at radius 2 is 2.26 bits per heavy atom. The standard InChI is InChI=1S/C12H13F2N3O2/c1-12(9(14)5-19-11(16)17-12)7-4-6(10(15)18)2-3-8(7)13/h2-4,9H,5H2,1H3,(H2,15,18)(H2,16,17)/t9-,12+/m0/s1. The third-order valence-electron chi connectivity index (χ3n) is 3.13. The topological polar surface area (TPSA) is 90.7 Å². The van der Waals surface area contributed by atoms with E-state index in [9.17, 15) is 13.6 Å². The number of ether oxygens (including phenoxy) is 1. The van der Waals surface area contributed by atoms with Crippen LogP contribution in [0.25, 0.3) is 0 Å². The highest BCUT2D eigenvalue weighted by Gasteiger charge is 2.42. The van der Waals surface area contributed by atoms with Crippen molar-refractivity contribution in [2.24, 2.45) is 16.5 Å². The van der Waals surface area contributed by atoms with E-state index in [1.165, 1.54) is 19.1 Å². The van der Waals surface area contributed by atoms with Gasteiger partial charge in [-0.3, -0.25) is 4.79 Å². The zero-order valence-corrected chi connectivity index (χ0v) is 10.2. The highest BCUT2D eigenvalue weighted by molar-refractivity contribution is 5.93. The summed E-state index contributed by atoms with van der Waals surface area (Å²) in [7, 11) is 0. The van der Waals surface area contributed by atoms with Crippen LogP contribution in [-0.2, 0) is 10.3 Å². The summed E-state index contributed by atoms with van der Waals surface area (Å²) in [5, 5.41) is 0. The number of benzene rings is 1. The van der Waals surface area contributed by atoms with Crippen LogP contribution in [0.3, 0.4) is 0 Å². The van der Waals surface area contributed by atoms with Crippen LogP contribution in [0.15, 0.2) is 23.2 Å². The molecule has 7 heteroatoms. The zero-order valence-electron chi connectivity index (χ0n) is 10.2. The monoisotopic (exact) mass is 269 g/mol. The smallest absolute Gasteiger partial charge is 0.283 e. The number of primary amides is 1. The lowest BCUT2D eigenvalue weighted by Gasteiger charge is -2.33. The number of nitrogens with zero attached hydrogens (tertiary/aromatic N) is 1. The molecule has 0 bridgehead atoms. The molecule has 2 rings (SSSR count). The van der Waals surface area contributed by atoms with Crippen LogP contribution in [-0.4, -0.2) is 24.7 Å². The number of hydrogen-bond donors (Lipinski definition) is 2. The molecule has 19 heavy (non-hydrogen) atoms. The van der Waals surface area contributed by atoms with Crippen molar-refractivity contribution >= 4 is 11.9 Å². The quantitative estimate of drug-likeness (QED) is 0.832. The predicted molar refractivity (Wildman–Crippen MR) is 64.7 cm³/mol. The van der Waals surface area contributed by atoms with E-state index in [-0.39, 0.29) is 23.8 Å². The lowest BCUT2D eigenvalue weighted by atomic mass is 9.86. The third kappa shape index (κ3) is 2.23. The van der Waals surface area contributed by atoms with Crippen molar-refractivity contribution in [1.82, 2.24) is 0 Å². The Morgan fingerprint density at radius 1 is 1.58 bits per heavy atom. The molecule has 1 heterocycles. The summed E-state index contributed by atoms with van der Waals surface area (Å²) < 4.78 is 32.7. The number of nitrogens with two attached hydrogens (primary N) is 2. The third-order valence-corrected chi connectivity index (χ3v) is 3.13. The molecule has 1 aromatic rings. The second-order valence-electron chi connectivity index (χ2n) is 4.43. The number of carbonyl (C=O) groups is 1. The first-order valence-corrected chi connectivity index (χ1v) is 5.56. The maximum atomic E-state index is 14.0. The summed E-state index contributed by atoms with van der Waals surface area (Å²) in [6, 6.07) is 3.24. The lowest BCUT2D eigenvalue weighted by Crippen LogP contribution is -2.43. The number of amides is 1. The highest BCUT2D eigenvalue weighted by atomic mass is 19.1. The summed E-state index contributed by atoms with van der Waals surface area (Å²) in [5.41, 5.74) is 8.98. The minimum atomic E-state index is -1.59. The Bertz CT molecular complexity index is 562. The molecule has 0 fully saturated rings. The number of hydrogen-bond acceptors (Lipinski definition) is 4. The molecule has 1 aliphatic heterocycles. The first kappa shape index (κ1) is 13.3. The van der Waals surface area contributed by atoms with Crippen molar-refractivity contribution < 1.29 is 18.3 Å². The summed E-state index contributed by atoms with van der Waals surface area (Å²) in [6.45, 7) is 1.06. The van der Waals surface area contributed by atoms with E-state index < -0.39 is 23.4 Å². The van der Waals surface area contributed by atoms with Gasteiger partial charge in [0.15, 0.2) is 6.17 Å². The second kappa shape index (κ2) is 4.49. The molecule has 0 radical (unpaired) electrons. The molecule has 1 aromatic carbocycles. The molecule has 4 N–H and O–H groups in total. The summed E-state index contributed by atoms with van der Waals surface area (Å²) in [6.07, 6.45) is -1.59. The molecule has 0 spiro atoms. The van der Waals surface area contributed by atoms with Gasteiger partial charge in [-0.1, -0.05) is 0 Å². The van der Waals surface area contributed by atoms with Crippen molar-refractivity contribution in [3.05, 3.63) is 35.1 Å². The van der Waals surface area contributed by atoms with Crippen LogP contribution in [0.1, 0.15) is 22.8 Å². The average molecular weight is 269 g/mol. The van der Waals surface area contributed by atoms with Gasteiger partial charge in [0.25, 0.3) is 6.02 Å². The van der Waals surface area contributed by atoms with Gasteiger partial charge in [-0.15, -0.1) is 0 Å². The van der Waals surface area contributed by atoms with Gasteiger partial charge in [0.2, 0.25) is 5.91 Å². The van der Waals surface area contributed by atoms with E-state index in [4.69, 9.17) is 16.2 Å². The first-order valence-electron chi connectivity index (χ1n) is 5.56. The van der Waals surface area contributed by atoms with Gasteiger partial charge in [0.05, 0.1) is 0 Å². The molecule has 5 nitrogen and oxygen atoms in total. The van der Waals surface area contributed by atoms with Gasteiger partial charge in [-0.05, 0) is 25.1 Å². The van der Waals surface area contributed by atoms with Gasteiger partial charge >= 0.3 is 0 Å². The van der Waals surface area contributed by atoms with Gasteiger partial charge in [0.1, 0.15) is 18.0 Å². The van der Waals surface area contributed by atoms with Crippen LogP contribution in [0, 0.1) is 5.82 Å². The Kier molecular flexibility index (Phi) is 3.13. The molecular formula is C12H13F2N3O2. The normalized spacial score (nSPS) is 26.5. The Morgan fingerprint density at radius 3 is 2.89 bits per heavy atom. The molecule has 0 aliphatic carbocycles. The molecule has 2 atom stereocenters. The highest BCUT2D eigenvalue weighted by Crippen LogP contribution is 2.36. The van der Waals surface area contributed by atoms with Crippen molar-refractivity contribution in [3.63, 3.8) is 0 Å². The molecule has 0 aromatic heterocycles. The number of halogens is 2. The largest absolute Gasteiger partial charge is 0.462 e.